The van der Waals surface area contributed by atoms with E-state index < -0.39 is 0 Å². The molecule has 1 atom stereocenters. The minimum atomic E-state index is -0.358. The Morgan fingerprint density at radius 2 is 1.89 bits per heavy atom. The Morgan fingerprint density at radius 1 is 1.18 bits per heavy atom. The zero-order valence-electron chi connectivity index (χ0n) is 16.3. The molecule has 0 saturated carbocycles. The lowest BCUT2D eigenvalue weighted by Gasteiger charge is -2.14. The zero-order valence-corrected chi connectivity index (χ0v) is 17.2. The van der Waals surface area contributed by atoms with Gasteiger partial charge < -0.3 is 10.1 Å². The van der Waals surface area contributed by atoms with Gasteiger partial charge in [-0.25, -0.2) is 0 Å². The molecular formula is C20H23N5O2S. The van der Waals surface area contributed by atoms with Crippen LogP contribution in [0.25, 0.3) is 5.69 Å². The Kier molecular flexibility index (Phi) is 6.30. The number of carbonyl (C=O) groups excluding carboxylic acids is 1. The first-order valence-electron chi connectivity index (χ1n) is 8.92. The number of amides is 1. The molecule has 0 unspecified atom stereocenters. The average molecular weight is 398 g/mol. The maximum Gasteiger partial charge on any atom is 0.233 e. The molecule has 1 amide bonds. The summed E-state index contributed by atoms with van der Waals surface area (Å²) in [6, 6.07) is 13.6. The van der Waals surface area contributed by atoms with Gasteiger partial charge in [-0.2, -0.15) is 4.68 Å². The van der Waals surface area contributed by atoms with E-state index in [1.807, 2.05) is 63.2 Å². The number of thioether (sulfide) groups is 1. The zero-order chi connectivity index (χ0) is 20.1. The third-order valence-corrected chi connectivity index (χ3v) is 5.42. The number of methoxy groups -OCH3 is 1. The molecule has 2 aromatic carbocycles. The van der Waals surface area contributed by atoms with E-state index in [0.717, 1.165) is 28.1 Å². The molecule has 1 aromatic heterocycles. The predicted molar refractivity (Wildman–Crippen MR) is 109 cm³/mol. The largest absolute Gasteiger partial charge is 0.496 e. The quantitative estimate of drug-likeness (QED) is 0.617. The summed E-state index contributed by atoms with van der Waals surface area (Å²) < 4.78 is 7.02. The third-order valence-electron chi connectivity index (χ3n) is 4.39. The number of hydrogen-bond acceptors (Lipinski definition) is 6. The monoisotopic (exact) mass is 397 g/mol. The van der Waals surface area contributed by atoms with Crippen molar-refractivity contribution < 1.29 is 9.53 Å². The second-order valence-electron chi connectivity index (χ2n) is 6.40. The molecule has 0 aliphatic heterocycles. The second-order valence-corrected chi connectivity index (χ2v) is 7.71. The summed E-state index contributed by atoms with van der Waals surface area (Å²) >= 11 is 1.33. The van der Waals surface area contributed by atoms with Gasteiger partial charge in [-0.3, -0.25) is 4.79 Å². The number of aryl methyl sites for hydroxylation is 2. The number of tetrazole rings is 1. The fourth-order valence-electron chi connectivity index (χ4n) is 2.92. The summed E-state index contributed by atoms with van der Waals surface area (Å²) in [5, 5.41) is 15.2. The fourth-order valence-corrected chi connectivity index (χ4v) is 3.74. The summed E-state index contributed by atoms with van der Waals surface area (Å²) in [4.78, 5) is 12.6. The molecule has 0 aliphatic carbocycles. The first-order valence-corrected chi connectivity index (χ1v) is 9.80. The van der Waals surface area contributed by atoms with Crippen LogP contribution in [-0.2, 0) is 11.3 Å². The molecule has 0 aliphatic rings. The highest BCUT2D eigenvalue weighted by Gasteiger charge is 2.20. The molecule has 3 aromatic rings. The summed E-state index contributed by atoms with van der Waals surface area (Å²) in [7, 11) is 1.62. The first-order chi connectivity index (χ1) is 13.5. The predicted octanol–water partition coefficient (Wildman–Crippen LogP) is 3.08. The Labute approximate surface area is 168 Å². The third kappa shape index (κ3) is 4.33. The molecule has 3 rings (SSSR count). The lowest BCUT2D eigenvalue weighted by Crippen LogP contribution is -2.30. The topological polar surface area (TPSA) is 81.9 Å². The van der Waals surface area contributed by atoms with E-state index in [1.165, 1.54) is 11.8 Å². The SMILES string of the molecule is COc1ccccc1CNC(=O)[C@H](C)Sc1nnnn1-c1c(C)cccc1C. The number of aromatic nitrogens is 4. The van der Waals surface area contributed by atoms with Crippen molar-refractivity contribution >= 4 is 17.7 Å². The Morgan fingerprint density at radius 3 is 2.61 bits per heavy atom. The average Bonchev–Trinajstić information content (AvgIpc) is 3.13. The molecular weight excluding hydrogens is 374 g/mol. The van der Waals surface area contributed by atoms with Gasteiger partial charge in [0.15, 0.2) is 0 Å². The number of benzene rings is 2. The first kappa shape index (κ1) is 19.9. The number of carbonyl (C=O) groups is 1. The van der Waals surface area contributed by atoms with Crippen molar-refractivity contribution in [3.05, 3.63) is 59.2 Å². The van der Waals surface area contributed by atoms with E-state index in [0.29, 0.717) is 11.7 Å². The van der Waals surface area contributed by atoms with Crippen molar-refractivity contribution in [1.29, 1.82) is 0 Å². The number of hydrogen-bond donors (Lipinski definition) is 1. The molecule has 7 nitrogen and oxygen atoms in total. The number of ether oxygens (including phenoxy) is 1. The molecule has 0 spiro atoms. The van der Waals surface area contributed by atoms with Crippen LogP contribution < -0.4 is 10.1 Å². The molecule has 0 fully saturated rings. The van der Waals surface area contributed by atoms with Gasteiger partial charge in [0.2, 0.25) is 11.1 Å². The van der Waals surface area contributed by atoms with Crippen LogP contribution in [-0.4, -0.2) is 38.5 Å². The summed E-state index contributed by atoms with van der Waals surface area (Å²) in [5.41, 5.74) is 4.01. The minimum absolute atomic E-state index is 0.0908. The molecule has 1 heterocycles. The number of nitrogens with zero attached hydrogens (tertiary/aromatic N) is 4. The van der Waals surface area contributed by atoms with E-state index in [4.69, 9.17) is 4.74 Å². The highest BCUT2D eigenvalue weighted by atomic mass is 32.2. The van der Waals surface area contributed by atoms with Crippen LogP contribution in [0.15, 0.2) is 47.6 Å². The summed E-state index contributed by atoms with van der Waals surface area (Å²) in [6.45, 7) is 6.27. The van der Waals surface area contributed by atoms with Crippen LogP contribution in [0, 0.1) is 13.8 Å². The lowest BCUT2D eigenvalue weighted by atomic mass is 10.1. The number of para-hydroxylation sites is 2. The van der Waals surface area contributed by atoms with Crippen molar-refractivity contribution in [3.63, 3.8) is 0 Å². The van der Waals surface area contributed by atoms with Crippen LogP contribution >= 0.6 is 11.8 Å². The summed E-state index contributed by atoms with van der Waals surface area (Å²) in [5.74, 6) is 0.661. The Hall–Kier alpha value is -2.87. The molecule has 0 saturated heterocycles. The highest BCUT2D eigenvalue weighted by molar-refractivity contribution is 8.00. The maximum atomic E-state index is 12.6. The normalized spacial score (nSPS) is 11.9. The molecule has 28 heavy (non-hydrogen) atoms. The van der Waals surface area contributed by atoms with Gasteiger partial charge in [0.1, 0.15) is 5.75 Å². The van der Waals surface area contributed by atoms with Crippen LogP contribution in [0.4, 0.5) is 0 Å². The van der Waals surface area contributed by atoms with Gasteiger partial charge >= 0.3 is 0 Å². The van der Waals surface area contributed by atoms with E-state index in [2.05, 4.69) is 20.8 Å². The van der Waals surface area contributed by atoms with Crippen molar-refractivity contribution in [2.75, 3.05) is 7.11 Å². The Bertz CT molecular complexity index is 952. The molecule has 8 heteroatoms. The van der Waals surface area contributed by atoms with Gasteiger partial charge in [-0.05, 0) is 48.4 Å². The smallest absolute Gasteiger partial charge is 0.233 e. The Balaban J connectivity index is 1.69. The van der Waals surface area contributed by atoms with Gasteiger partial charge in [0.05, 0.1) is 18.0 Å². The lowest BCUT2D eigenvalue weighted by molar-refractivity contribution is -0.120. The van der Waals surface area contributed by atoms with E-state index in [1.54, 1.807) is 11.8 Å². The van der Waals surface area contributed by atoms with Crippen LogP contribution in [0.1, 0.15) is 23.6 Å². The summed E-state index contributed by atoms with van der Waals surface area (Å²) in [6.07, 6.45) is 0. The van der Waals surface area contributed by atoms with Gasteiger partial charge in [-0.15, -0.1) is 5.10 Å². The molecule has 1 N–H and O–H groups in total. The van der Waals surface area contributed by atoms with Crippen molar-refractivity contribution in [2.24, 2.45) is 0 Å². The number of rotatable bonds is 7. The number of nitrogens with one attached hydrogen (secondary N) is 1. The van der Waals surface area contributed by atoms with Crippen molar-refractivity contribution in [3.8, 4) is 11.4 Å². The van der Waals surface area contributed by atoms with Crippen LogP contribution in [0.5, 0.6) is 5.75 Å². The van der Waals surface area contributed by atoms with E-state index >= 15 is 0 Å². The second kappa shape index (κ2) is 8.88. The minimum Gasteiger partial charge on any atom is -0.496 e. The van der Waals surface area contributed by atoms with E-state index in [9.17, 15) is 4.79 Å². The van der Waals surface area contributed by atoms with Crippen LogP contribution in [0.2, 0.25) is 0 Å². The standard InChI is InChI=1S/C20H23N5O2S/c1-13-8-7-9-14(2)18(13)25-20(22-23-24-25)28-15(3)19(26)21-12-16-10-5-6-11-17(16)27-4/h5-11,15H,12H2,1-4H3,(H,21,26)/t15-/m0/s1. The fraction of sp³-hybridized carbons (Fsp3) is 0.300. The molecule has 0 radical (unpaired) electrons. The van der Waals surface area contributed by atoms with Gasteiger partial charge in [0, 0.05) is 12.1 Å². The highest BCUT2D eigenvalue weighted by Crippen LogP contribution is 2.26. The molecule has 146 valence electrons. The van der Waals surface area contributed by atoms with Crippen molar-refractivity contribution in [2.45, 2.75) is 37.7 Å². The molecule has 0 bridgehead atoms. The van der Waals surface area contributed by atoms with Crippen molar-refractivity contribution in [1.82, 2.24) is 25.5 Å². The van der Waals surface area contributed by atoms with Gasteiger partial charge in [0.25, 0.3) is 0 Å². The van der Waals surface area contributed by atoms with E-state index in [-0.39, 0.29) is 11.2 Å². The maximum absolute atomic E-state index is 12.6. The van der Waals surface area contributed by atoms with Crippen LogP contribution in [0.3, 0.4) is 0 Å². The van der Waals surface area contributed by atoms with Gasteiger partial charge in [-0.1, -0.05) is 48.2 Å².